The van der Waals surface area contributed by atoms with Crippen molar-refractivity contribution in [2.24, 2.45) is 10.2 Å². The number of methoxy groups -OCH3 is 1. The predicted molar refractivity (Wildman–Crippen MR) is 91.0 cm³/mol. The van der Waals surface area contributed by atoms with Gasteiger partial charge >= 0.3 is 5.97 Å². The molecule has 1 aromatic carbocycles. The van der Waals surface area contributed by atoms with E-state index in [1.54, 1.807) is 0 Å². The maximum Gasteiger partial charge on any atom is 0.311 e. The maximum atomic E-state index is 11.6. The molecule has 0 aliphatic carbocycles. The molecule has 0 amide bonds. The fourth-order valence-corrected chi connectivity index (χ4v) is 2.41. The Morgan fingerprint density at radius 1 is 1.17 bits per heavy atom. The molecule has 0 bridgehead atoms. The third kappa shape index (κ3) is 3.03. The smallest absolute Gasteiger partial charge is 0.311 e. The average Bonchev–Trinajstić information content (AvgIpc) is 2.93. The SMILES string of the molecule is COC(=O)Cc1nc2ccccn2c1N=Nc1cccc(C)c1C. The first kappa shape index (κ1) is 15.9. The lowest BCUT2D eigenvalue weighted by Gasteiger charge is -2.02. The van der Waals surface area contributed by atoms with Crippen LogP contribution < -0.4 is 0 Å². The number of pyridine rings is 1. The van der Waals surface area contributed by atoms with E-state index >= 15 is 0 Å². The number of benzene rings is 1. The second kappa shape index (κ2) is 6.62. The first-order valence-electron chi connectivity index (χ1n) is 7.61. The molecule has 0 aliphatic rings. The molecule has 24 heavy (non-hydrogen) atoms. The molecule has 2 aromatic heterocycles. The molecule has 2 heterocycles. The van der Waals surface area contributed by atoms with E-state index in [1.165, 1.54) is 7.11 Å². The van der Waals surface area contributed by atoms with Crippen LogP contribution in [0.4, 0.5) is 11.5 Å². The van der Waals surface area contributed by atoms with Gasteiger partial charge in [-0.3, -0.25) is 9.20 Å². The van der Waals surface area contributed by atoms with Crippen LogP contribution in [0.2, 0.25) is 0 Å². The van der Waals surface area contributed by atoms with E-state index in [1.807, 2.05) is 60.8 Å². The Labute approximate surface area is 139 Å². The number of carbonyl (C=O) groups excluding carboxylic acids is 1. The lowest BCUT2D eigenvalue weighted by atomic mass is 10.1. The van der Waals surface area contributed by atoms with E-state index in [9.17, 15) is 4.79 Å². The Morgan fingerprint density at radius 3 is 2.79 bits per heavy atom. The fourth-order valence-electron chi connectivity index (χ4n) is 2.41. The minimum atomic E-state index is -0.360. The third-order valence-electron chi connectivity index (χ3n) is 3.94. The maximum absolute atomic E-state index is 11.6. The van der Waals surface area contributed by atoms with Crippen LogP contribution in [0.1, 0.15) is 16.8 Å². The van der Waals surface area contributed by atoms with E-state index in [2.05, 4.69) is 15.2 Å². The monoisotopic (exact) mass is 322 g/mol. The highest BCUT2D eigenvalue weighted by Gasteiger charge is 2.15. The van der Waals surface area contributed by atoms with Crippen molar-refractivity contribution in [3.63, 3.8) is 0 Å². The quantitative estimate of drug-likeness (QED) is 0.537. The summed E-state index contributed by atoms with van der Waals surface area (Å²) < 4.78 is 6.55. The van der Waals surface area contributed by atoms with Crippen LogP contribution in [0.3, 0.4) is 0 Å². The van der Waals surface area contributed by atoms with Gasteiger partial charge in [-0.1, -0.05) is 18.2 Å². The second-order valence-electron chi connectivity index (χ2n) is 5.48. The zero-order valence-electron chi connectivity index (χ0n) is 13.9. The van der Waals surface area contributed by atoms with Crippen LogP contribution >= 0.6 is 0 Å². The summed E-state index contributed by atoms with van der Waals surface area (Å²) in [7, 11) is 1.36. The number of aromatic nitrogens is 2. The van der Waals surface area contributed by atoms with E-state index in [-0.39, 0.29) is 12.4 Å². The Balaban J connectivity index is 2.06. The fraction of sp³-hybridized carbons (Fsp3) is 0.222. The van der Waals surface area contributed by atoms with Gasteiger partial charge in [0.1, 0.15) is 5.65 Å². The van der Waals surface area contributed by atoms with E-state index in [4.69, 9.17) is 4.74 Å². The number of aryl methyl sites for hydroxylation is 1. The van der Waals surface area contributed by atoms with Crippen LogP contribution in [0.25, 0.3) is 5.65 Å². The summed E-state index contributed by atoms with van der Waals surface area (Å²) in [5.74, 6) is 0.179. The number of carbonyl (C=O) groups is 1. The van der Waals surface area contributed by atoms with Crippen molar-refractivity contribution in [1.82, 2.24) is 9.38 Å². The van der Waals surface area contributed by atoms with Crippen LogP contribution in [-0.2, 0) is 16.0 Å². The van der Waals surface area contributed by atoms with Gasteiger partial charge in [-0.15, -0.1) is 10.2 Å². The predicted octanol–water partition coefficient (Wildman–Crippen LogP) is 4.08. The summed E-state index contributed by atoms with van der Waals surface area (Å²) in [4.78, 5) is 16.1. The first-order chi connectivity index (χ1) is 11.6. The highest BCUT2D eigenvalue weighted by Crippen LogP contribution is 2.27. The summed E-state index contributed by atoms with van der Waals surface area (Å²) in [6, 6.07) is 11.5. The molecule has 0 saturated heterocycles. The van der Waals surface area contributed by atoms with E-state index in [0.717, 1.165) is 16.8 Å². The van der Waals surface area contributed by atoms with Gasteiger partial charge in [0, 0.05) is 6.20 Å². The number of nitrogens with zero attached hydrogens (tertiary/aromatic N) is 4. The van der Waals surface area contributed by atoms with Crippen molar-refractivity contribution in [3.8, 4) is 0 Å². The Morgan fingerprint density at radius 2 is 2.00 bits per heavy atom. The molecule has 0 unspecified atom stereocenters. The molecule has 3 aromatic rings. The summed E-state index contributed by atoms with van der Waals surface area (Å²) >= 11 is 0. The Bertz CT molecular complexity index is 928. The molecule has 0 spiro atoms. The molecule has 0 saturated carbocycles. The van der Waals surface area contributed by atoms with Gasteiger partial charge in [-0.05, 0) is 43.2 Å². The number of imidazole rings is 1. The van der Waals surface area contributed by atoms with E-state index in [0.29, 0.717) is 17.2 Å². The lowest BCUT2D eigenvalue weighted by molar-refractivity contribution is -0.139. The van der Waals surface area contributed by atoms with Gasteiger partial charge in [-0.2, -0.15) is 0 Å². The number of ether oxygens (including phenoxy) is 1. The summed E-state index contributed by atoms with van der Waals surface area (Å²) in [5, 5.41) is 8.74. The normalized spacial score (nSPS) is 11.3. The Hall–Kier alpha value is -3.02. The Kier molecular flexibility index (Phi) is 4.37. The summed E-state index contributed by atoms with van der Waals surface area (Å²) in [6.45, 7) is 4.04. The number of esters is 1. The second-order valence-corrected chi connectivity index (χ2v) is 5.48. The lowest BCUT2D eigenvalue weighted by Crippen LogP contribution is -2.04. The van der Waals surface area contributed by atoms with Crippen molar-refractivity contribution < 1.29 is 9.53 Å². The van der Waals surface area contributed by atoms with E-state index < -0.39 is 0 Å². The molecule has 6 heteroatoms. The molecular formula is C18H18N4O2. The highest BCUT2D eigenvalue weighted by atomic mass is 16.5. The summed E-state index contributed by atoms with van der Waals surface area (Å²) in [5.41, 5.74) is 4.28. The molecule has 122 valence electrons. The number of hydrogen-bond acceptors (Lipinski definition) is 5. The van der Waals surface area contributed by atoms with Gasteiger partial charge in [0.05, 0.1) is 24.9 Å². The van der Waals surface area contributed by atoms with Crippen molar-refractivity contribution in [2.45, 2.75) is 20.3 Å². The molecular weight excluding hydrogens is 304 g/mol. The number of azo groups is 1. The number of hydrogen-bond donors (Lipinski definition) is 0. The minimum Gasteiger partial charge on any atom is -0.469 e. The molecule has 0 fully saturated rings. The third-order valence-corrected chi connectivity index (χ3v) is 3.94. The molecule has 0 radical (unpaired) electrons. The van der Waals surface area contributed by atoms with Crippen LogP contribution in [0.15, 0.2) is 52.8 Å². The van der Waals surface area contributed by atoms with Gasteiger partial charge in [-0.25, -0.2) is 4.98 Å². The molecule has 3 rings (SSSR count). The van der Waals surface area contributed by atoms with Crippen molar-refractivity contribution in [2.75, 3.05) is 7.11 Å². The van der Waals surface area contributed by atoms with Gasteiger partial charge in [0.15, 0.2) is 5.82 Å². The molecule has 6 nitrogen and oxygen atoms in total. The van der Waals surface area contributed by atoms with Crippen LogP contribution in [0.5, 0.6) is 0 Å². The van der Waals surface area contributed by atoms with Crippen molar-refractivity contribution >= 4 is 23.1 Å². The standard InChI is InChI=1S/C18H18N4O2/c1-12-7-6-8-14(13(12)2)20-21-18-15(11-17(23)24-3)19-16-9-4-5-10-22(16)18/h4-10H,11H2,1-3H3. The van der Waals surface area contributed by atoms with Crippen molar-refractivity contribution in [1.29, 1.82) is 0 Å². The largest absolute Gasteiger partial charge is 0.469 e. The molecule has 0 N–H and O–H groups in total. The van der Waals surface area contributed by atoms with Gasteiger partial charge < -0.3 is 4.74 Å². The number of rotatable bonds is 4. The van der Waals surface area contributed by atoms with Gasteiger partial charge in [0.25, 0.3) is 0 Å². The molecule has 0 atom stereocenters. The summed E-state index contributed by atoms with van der Waals surface area (Å²) in [6.07, 6.45) is 1.90. The van der Waals surface area contributed by atoms with Crippen LogP contribution in [-0.4, -0.2) is 22.5 Å². The number of fused-ring (bicyclic) bond motifs is 1. The minimum absolute atomic E-state index is 0.0549. The van der Waals surface area contributed by atoms with Gasteiger partial charge in [0.2, 0.25) is 0 Å². The zero-order chi connectivity index (χ0) is 17.1. The van der Waals surface area contributed by atoms with Crippen LogP contribution in [0, 0.1) is 13.8 Å². The topological polar surface area (TPSA) is 68.3 Å². The zero-order valence-corrected chi connectivity index (χ0v) is 13.9. The first-order valence-corrected chi connectivity index (χ1v) is 7.61. The molecule has 0 aliphatic heterocycles. The average molecular weight is 322 g/mol. The highest BCUT2D eigenvalue weighted by molar-refractivity contribution is 5.74. The van der Waals surface area contributed by atoms with Crippen molar-refractivity contribution in [3.05, 3.63) is 59.4 Å².